The molecular weight excluding hydrogens is 1060 g/mol. The van der Waals surface area contributed by atoms with E-state index in [-0.39, 0.29) is 27.4 Å². The van der Waals surface area contributed by atoms with Crippen molar-refractivity contribution in [3.63, 3.8) is 0 Å². The Hall–Kier alpha value is -5.79. The first-order valence-corrected chi connectivity index (χ1v) is 31.8. The summed E-state index contributed by atoms with van der Waals surface area (Å²) in [6.45, 7) is 9.24. The number of rotatable bonds is 16. The van der Waals surface area contributed by atoms with Gasteiger partial charge in [-0.3, -0.25) is 4.79 Å². The van der Waals surface area contributed by atoms with Crippen LogP contribution in [-0.2, 0) is 24.3 Å². The third-order valence-corrected chi connectivity index (χ3v) is 25.7. The third kappa shape index (κ3) is 16.6. The fourth-order valence-electron chi connectivity index (χ4n) is 9.20. The van der Waals surface area contributed by atoms with E-state index in [1.807, 2.05) is 0 Å². The Labute approximate surface area is 460 Å². The summed E-state index contributed by atoms with van der Waals surface area (Å²) in [6, 6.07) is 110. The van der Waals surface area contributed by atoms with Crippen LogP contribution in [0, 0.1) is 5.92 Å². The van der Waals surface area contributed by atoms with Gasteiger partial charge in [0.1, 0.15) is 0 Å². The van der Waals surface area contributed by atoms with Crippen LogP contribution in [0.5, 0.6) is 0 Å². The molecule has 0 aliphatic rings. The van der Waals surface area contributed by atoms with E-state index in [2.05, 4.69) is 324 Å². The van der Waals surface area contributed by atoms with Crippen LogP contribution in [0.4, 0.5) is 0 Å². The van der Waals surface area contributed by atoms with Gasteiger partial charge in [0.2, 0.25) is 0 Å². The second-order valence-electron chi connectivity index (χ2n) is 18.0. The molecule has 0 saturated carbocycles. The van der Waals surface area contributed by atoms with Gasteiger partial charge in [-0.15, -0.1) is 0 Å². The molecule has 0 N–H and O–H groups in total. The molecule has 0 unspecified atom stereocenters. The van der Waals surface area contributed by atoms with E-state index in [9.17, 15) is 0 Å². The molecule has 0 atom stereocenters. The summed E-state index contributed by atoms with van der Waals surface area (Å²) < 4.78 is 0. The largest absolute Gasteiger partial charge is 0.0622 e. The maximum atomic E-state index is 7.50. The molecule has 1 nitrogen and oxygen atoms in total. The Kier molecular flexibility index (Phi) is 24.7. The molecule has 0 aliphatic heterocycles. The van der Waals surface area contributed by atoms with Gasteiger partial charge in [-0.25, -0.2) is 0 Å². The average molecular weight is 1130 g/mol. The van der Waals surface area contributed by atoms with Crippen molar-refractivity contribution in [1.82, 2.24) is 0 Å². The van der Waals surface area contributed by atoms with Gasteiger partial charge in [0.15, 0.2) is 0 Å². The molecule has 3 radical (unpaired) electrons. The van der Waals surface area contributed by atoms with Crippen LogP contribution in [-0.4, -0.2) is 25.3 Å². The van der Waals surface area contributed by atoms with Crippen molar-refractivity contribution in [2.24, 2.45) is 5.92 Å². The number of hydrogen-bond acceptors (Lipinski definition) is 1. The van der Waals surface area contributed by atoms with Gasteiger partial charge in [0.25, 0.3) is 6.79 Å². The van der Waals surface area contributed by atoms with Gasteiger partial charge in [-0.1, -0.05) is 182 Å². The smallest absolute Gasteiger partial charge is 0.0134 e. The predicted octanol–water partition coefficient (Wildman–Crippen LogP) is 12.8. The van der Waals surface area contributed by atoms with Crippen molar-refractivity contribution >= 4 is 90.9 Å². The van der Waals surface area contributed by atoms with E-state index in [0.717, 1.165) is 0 Å². The van der Waals surface area contributed by atoms with E-state index >= 15 is 0 Å². The Morgan fingerprint density at radius 2 is 0.514 bits per heavy atom. The average Bonchev–Trinajstić information content (AvgIpc) is 3.48. The van der Waals surface area contributed by atoms with Crippen molar-refractivity contribution in [2.45, 2.75) is 20.3 Å². The third-order valence-electron chi connectivity index (χ3n) is 12.8. The van der Waals surface area contributed by atoms with Crippen molar-refractivity contribution in [2.75, 3.05) is 18.5 Å². The molecule has 0 amide bonds. The summed E-state index contributed by atoms with van der Waals surface area (Å²) in [4.78, 5) is 7.50. The molecule has 0 aliphatic carbocycles. The second kappa shape index (κ2) is 31.8. The minimum atomic E-state index is -1.92. The fourth-order valence-corrected chi connectivity index (χ4v) is 22.6. The van der Waals surface area contributed by atoms with E-state index in [1.165, 1.54) is 67.3 Å². The summed E-state index contributed by atoms with van der Waals surface area (Å²) >= 11 is 0. The van der Waals surface area contributed by atoms with E-state index in [0.29, 0.717) is 5.92 Å². The fraction of sp³-hybridized carbons (Fsp3) is 0.103. The zero-order valence-corrected chi connectivity index (χ0v) is 47.8. The SMILES string of the molecule is CC(C)CC[PH](CCP(c1ccccc1)c1ccccc1)(c1ccccc1)c1ccccc1.[C]=O.[RhH].c1ccc(P(c2ccccc2)c2ccccc2)cc1.c1ccc(P(c2ccccc2)c2ccccc2)cc1. The van der Waals surface area contributed by atoms with Crippen molar-refractivity contribution in [1.29, 1.82) is 0 Å². The van der Waals surface area contributed by atoms with Crippen LogP contribution in [0.15, 0.2) is 303 Å². The van der Waals surface area contributed by atoms with E-state index in [1.54, 1.807) is 10.6 Å². The number of benzene rings is 10. The molecule has 10 rings (SSSR count). The maximum absolute atomic E-state index is 7.50. The summed E-state index contributed by atoms with van der Waals surface area (Å²) in [6.07, 6.45) is 5.11. The molecule has 6 heteroatoms. The zero-order valence-electron chi connectivity index (χ0n) is 42.4. The van der Waals surface area contributed by atoms with Crippen LogP contribution in [0.25, 0.3) is 0 Å². The molecular formula is C68H67OP4Rh. The van der Waals surface area contributed by atoms with Crippen LogP contribution in [0.1, 0.15) is 20.3 Å². The Balaban J connectivity index is 0.000000187. The molecule has 374 valence electrons. The van der Waals surface area contributed by atoms with Gasteiger partial charge in [0, 0.05) is 0 Å². The molecule has 10 aromatic carbocycles. The molecule has 0 spiro atoms. The van der Waals surface area contributed by atoms with Crippen LogP contribution in [0.3, 0.4) is 0 Å². The molecule has 0 saturated heterocycles. The summed E-state index contributed by atoms with van der Waals surface area (Å²) in [5.41, 5.74) is 0. The van der Waals surface area contributed by atoms with E-state index < -0.39 is 23.1 Å². The summed E-state index contributed by atoms with van der Waals surface area (Å²) in [5, 5.41) is 14.6. The molecule has 0 heterocycles. The van der Waals surface area contributed by atoms with Gasteiger partial charge >= 0.3 is 222 Å². The monoisotopic (exact) mass is 1130 g/mol. The van der Waals surface area contributed by atoms with E-state index in [4.69, 9.17) is 4.79 Å². The Morgan fingerprint density at radius 3 is 0.730 bits per heavy atom. The van der Waals surface area contributed by atoms with Gasteiger partial charge in [-0.05, 0) is 47.7 Å². The predicted molar refractivity (Wildman–Crippen MR) is 331 cm³/mol. The standard InChI is InChI=1S/C31H36P2.2C18H15P.CO.Rh.H/c1-27(2)23-25-33(30-19-11-5-12-20-30,31-21-13-6-14-22-31)26-24-32(28-15-7-3-8-16-28)29-17-9-4-10-18-29;2*1-4-10-16(11-5-1)19(17-12-6-2-7-13-17)18-14-8-3-9-15-18;1-2;;/h3-22,27,33H,23-26H2,1-2H3;2*1-15H;;;. The van der Waals surface area contributed by atoms with Crippen LogP contribution >= 0.6 is 31.0 Å². The number of carbonyl (C=O) groups excluding carboxylic acids is 1. The molecule has 10 aromatic rings. The second-order valence-corrected chi connectivity index (χ2v) is 29.1. The molecule has 0 fully saturated rings. The first-order valence-electron chi connectivity index (χ1n) is 25.2. The summed E-state index contributed by atoms with van der Waals surface area (Å²) in [5.74, 6) is 0.717. The first-order chi connectivity index (χ1) is 36.1. The zero-order chi connectivity index (χ0) is 50.8. The van der Waals surface area contributed by atoms with Crippen LogP contribution in [0.2, 0.25) is 0 Å². The molecule has 0 bridgehead atoms. The van der Waals surface area contributed by atoms with Crippen molar-refractivity contribution in [3.05, 3.63) is 303 Å². The molecule has 74 heavy (non-hydrogen) atoms. The Bertz CT molecular complexity index is 2610. The maximum Gasteiger partial charge on any atom is -0.0134 e. The van der Waals surface area contributed by atoms with Crippen molar-refractivity contribution < 1.29 is 24.3 Å². The minimum Gasteiger partial charge on any atom is -0.0622 e. The van der Waals surface area contributed by atoms with Gasteiger partial charge in [0.05, 0.1) is 0 Å². The van der Waals surface area contributed by atoms with Crippen molar-refractivity contribution in [3.8, 4) is 0 Å². The Morgan fingerprint density at radius 1 is 0.311 bits per heavy atom. The van der Waals surface area contributed by atoms with Crippen LogP contribution < -0.4 is 53.0 Å². The first kappa shape index (κ1) is 57.5. The number of hydrogen-bond donors (Lipinski definition) is 0. The van der Waals surface area contributed by atoms with Gasteiger partial charge < -0.3 is 0 Å². The minimum absolute atomic E-state index is 0. The topological polar surface area (TPSA) is 17.1 Å². The summed E-state index contributed by atoms with van der Waals surface area (Å²) in [7, 11) is -3.20. The van der Waals surface area contributed by atoms with Gasteiger partial charge in [-0.2, -0.15) is 0 Å². The molecule has 0 aromatic heterocycles. The normalized spacial score (nSPS) is 10.9. The quantitative estimate of drug-likeness (QED) is 0.0696.